The van der Waals surface area contributed by atoms with Crippen LogP contribution in [0.2, 0.25) is 0 Å². The second-order valence-corrected chi connectivity index (χ2v) is 5.38. The van der Waals surface area contributed by atoms with Crippen molar-refractivity contribution in [3.8, 4) is 5.75 Å². The van der Waals surface area contributed by atoms with Gasteiger partial charge in [0.2, 0.25) is 0 Å². The van der Waals surface area contributed by atoms with Crippen LogP contribution in [0, 0.1) is 0 Å². The first-order chi connectivity index (χ1) is 9.78. The minimum absolute atomic E-state index is 0.327. The van der Waals surface area contributed by atoms with Crippen LogP contribution in [0.15, 0.2) is 48.5 Å². The number of rotatable bonds is 4. The normalized spacial score (nSPS) is 17.2. The second-order valence-electron chi connectivity index (χ2n) is 5.38. The summed E-state index contributed by atoms with van der Waals surface area (Å²) >= 11 is 0. The number of fused-ring (bicyclic) bond motifs is 1. The van der Waals surface area contributed by atoms with Gasteiger partial charge < -0.3 is 15.7 Å². The molecule has 0 fully saturated rings. The highest BCUT2D eigenvalue weighted by Crippen LogP contribution is 2.38. The van der Waals surface area contributed by atoms with Gasteiger partial charge in [-0.05, 0) is 42.3 Å². The number of para-hydroxylation sites is 1. The van der Waals surface area contributed by atoms with Crippen molar-refractivity contribution >= 4 is 5.69 Å². The highest BCUT2D eigenvalue weighted by Gasteiger charge is 2.27. The molecule has 3 nitrogen and oxygen atoms in total. The molecule has 1 aliphatic heterocycles. The molecule has 3 rings (SSSR count). The predicted octanol–water partition coefficient (Wildman–Crippen LogP) is 2.84. The fourth-order valence-electron chi connectivity index (χ4n) is 3.06. The third kappa shape index (κ3) is 2.49. The Morgan fingerprint density at radius 2 is 2.00 bits per heavy atom. The van der Waals surface area contributed by atoms with Gasteiger partial charge in [0.15, 0.2) is 0 Å². The van der Waals surface area contributed by atoms with Crippen molar-refractivity contribution in [3.63, 3.8) is 0 Å². The molecule has 1 unspecified atom stereocenters. The molecule has 0 aliphatic carbocycles. The second kappa shape index (κ2) is 5.55. The smallest absolute Gasteiger partial charge is 0.115 e. The summed E-state index contributed by atoms with van der Waals surface area (Å²) in [6.45, 7) is 2.55. The van der Waals surface area contributed by atoms with Gasteiger partial charge in [-0.1, -0.05) is 30.3 Å². The lowest BCUT2D eigenvalue weighted by atomic mass is 9.98. The first-order valence-corrected chi connectivity index (χ1v) is 7.10. The first-order valence-electron chi connectivity index (χ1n) is 7.10. The van der Waals surface area contributed by atoms with E-state index in [1.54, 1.807) is 6.07 Å². The summed E-state index contributed by atoms with van der Waals surface area (Å²) in [5.74, 6) is 0.849. The Morgan fingerprint density at radius 3 is 2.80 bits per heavy atom. The number of hydrogen-bond donors (Lipinski definition) is 2. The molecule has 104 valence electrons. The number of phenols is 1. The largest absolute Gasteiger partial charge is 0.508 e. The van der Waals surface area contributed by atoms with E-state index in [0.717, 1.165) is 31.6 Å². The average Bonchev–Trinajstić information content (AvgIpc) is 2.78. The summed E-state index contributed by atoms with van der Waals surface area (Å²) in [6.07, 6.45) is 1.02. The molecular weight excluding hydrogens is 248 g/mol. The summed E-state index contributed by atoms with van der Waals surface area (Å²) in [6, 6.07) is 16.0. The van der Waals surface area contributed by atoms with E-state index in [9.17, 15) is 5.11 Å². The Balaban J connectivity index is 1.85. The van der Waals surface area contributed by atoms with Crippen molar-refractivity contribution in [2.45, 2.75) is 18.9 Å². The van der Waals surface area contributed by atoms with Crippen LogP contribution in [-0.4, -0.2) is 18.2 Å². The lowest BCUT2D eigenvalue weighted by Gasteiger charge is -2.20. The first kappa shape index (κ1) is 13.0. The van der Waals surface area contributed by atoms with Crippen LogP contribution >= 0.6 is 0 Å². The SMILES string of the molecule is NCCC1CN(Cc2cccc(O)c2)c2ccccc21. The number of benzene rings is 2. The van der Waals surface area contributed by atoms with Crippen LogP contribution in [0.3, 0.4) is 0 Å². The average molecular weight is 268 g/mol. The number of hydrogen-bond acceptors (Lipinski definition) is 3. The summed E-state index contributed by atoms with van der Waals surface area (Å²) in [5.41, 5.74) is 9.57. The molecule has 2 aromatic carbocycles. The van der Waals surface area contributed by atoms with Crippen molar-refractivity contribution in [1.29, 1.82) is 0 Å². The lowest BCUT2D eigenvalue weighted by Crippen LogP contribution is -2.22. The predicted molar refractivity (Wildman–Crippen MR) is 82.0 cm³/mol. The Hall–Kier alpha value is -2.00. The molecular formula is C17H20N2O. The molecule has 3 heteroatoms. The molecule has 1 heterocycles. The maximum absolute atomic E-state index is 9.58. The fraction of sp³-hybridized carbons (Fsp3) is 0.294. The van der Waals surface area contributed by atoms with Gasteiger partial charge in [0.25, 0.3) is 0 Å². The summed E-state index contributed by atoms with van der Waals surface area (Å²) in [5, 5.41) is 9.58. The quantitative estimate of drug-likeness (QED) is 0.896. The molecule has 0 saturated heterocycles. The van der Waals surface area contributed by atoms with Crippen molar-refractivity contribution < 1.29 is 5.11 Å². The van der Waals surface area contributed by atoms with Crippen molar-refractivity contribution in [2.24, 2.45) is 5.73 Å². The molecule has 0 amide bonds. The highest BCUT2D eigenvalue weighted by molar-refractivity contribution is 5.60. The van der Waals surface area contributed by atoms with Gasteiger partial charge in [0.05, 0.1) is 0 Å². The van der Waals surface area contributed by atoms with Gasteiger partial charge in [0.1, 0.15) is 5.75 Å². The molecule has 3 N–H and O–H groups in total. The molecule has 1 aliphatic rings. The molecule has 0 aromatic heterocycles. The van der Waals surface area contributed by atoms with E-state index in [-0.39, 0.29) is 0 Å². The van der Waals surface area contributed by atoms with E-state index in [2.05, 4.69) is 35.2 Å². The van der Waals surface area contributed by atoms with E-state index >= 15 is 0 Å². The summed E-state index contributed by atoms with van der Waals surface area (Å²) < 4.78 is 0. The van der Waals surface area contributed by atoms with Gasteiger partial charge in [0, 0.05) is 24.7 Å². The molecule has 0 radical (unpaired) electrons. The fourth-order valence-corrected chi connectivity index (χ4v) is 3.06. The number of anilines is 1. The van der Waals surface area contributed by atoms with E-state index < -0.39 is 0 Å². The molecule has 0 saturated carbocycles. The Bertz CT molecular complexity index is 597. The van der Waals surface area contributed by atoms with Crippen LogP contribution in [0.5, 0.6) is 5.75 Å². The van der Waals surface area contributed by atoms with E-state index in [1.807, 2.05) is 12.1 Å². The number of nitrogens with two attached hydrogens (primary N) is 1. The minimum atomic E-state index is 0.327. The zero-order valence-corrected chi connectivity index (χ0v) is 11.5. The zero-order valence-electron chi connectivity index (χ0n) is 11.5. The van der Waals surface area contributed by atoms with Crippen LogP contribution in [0.25, 0.3) is 0 Å². The number of nitrogens with zero attached hydrogens (tertiary/aromatic N) is 1. The third-order valence-electron chi connectivity index (χ3n) is 3.96. The van der Waals surface area contributed by atoms with Crippen molar-refractivity contribution in [2.75, 3.05) is 18.0 Å². The standard InChI is InChI=1S/C17H20N2O/c18-9-8-14-12-19(17-7-2-1-6-16(14)17)11-13-4-3-5-15(20)10-13/h1-7,10,14,20H,8-9,11-12,18H2. The molecule has 20 heavy (non-hydrogen) atoms. The van der Waals surface area contributed by atoms with Gasteiger partial charge in [-0.15, -0.1) is 0 Å². The number of aromatic hydroxyl groups is 1. The monoisotopic (exact) mass is 268 g/mol. The summed E-state index contributed by atoms with van der Waals surface area (Å²) in [4.78, 5) is 2.38. The molecule has 2 aromatic rings. The van der Waals surface area contributed by atoms with Gasteiger partial charge in [-0.2, -0.15) is 0 Å². The van der Waals surface area contributed by atoms with Gasteiger partial charge in [-0.25, -0.2) is 0 Å². The number of phenolic OH excluding ortho intramolecular Hbond substituents is 1. The van der Waals surface area contributed by atoms with Crippen LogP contribution in [0.1, 0.15) is 23.5 Å². The van der Waals surface area contributed by atoms with Crippen LogP contribution < -0.4 is 10.6 Å². The minimum Gasteiger partial charge on any atom is -0.508 e. The molecule has 0 bridgehead atoms. The Morgan fingerprint density at radius 1 is 1.15 bits per heavy atom. The lowest BCUT2D eigenvalue weighted by molar-refractivity contribution is 0.474. The van der Waals surface area contributed by atoms with E-state index in [1.165, 1.54) is 11.3 Å². The summed E-state index contributed by atoms with van der Waals surface area (Å²) in [7, 11) is 0. The Labute approximate surface area is 119 Å². The van der Waals surface area contributed by atoms with Crippen LogP contribution in [-0.2, 0) is 6.54 Å². The topological polar surface area (TPSA) is 49.5 Å². The van der Waals surface area contributed by atoms with E-state index in [0.29, 0.717) is 11.7 Å². The van der Waals surface area contributed by atoms with Crippen LogP contribution in [0.4, 0.5) is 5.69 Å². The highest BCUT2D eigenvalue weighted by atomic mass is 16.3. The van der Waals surface area contributed by atoms with Gasteiger partial charge >= 0.3 is 0 Å². The van der Waals surface area contributed by atoms with E-state index in [4.69, 9.17) is 5.73 Å². The Kier molecular flexibility index (Phi) is 3.61. The molecule has 0 spiro atoms. The van der Waals surface area contributed by atoms with Gasteiger partial charge in [-0.3, -0.25) is 0 Å². The van der Waals surface area contributed by atoms with Crippen molar-refractivity contribution in [1.82, 2.24) is 0 Å². The zero-order chi connectivity index (χ0) is 13.9. The maximum atomic E-state index is 9.58. The molecule has 1 atom stereocenters. The van der Waals surface area contributed by atoms with Crippen molar-refractivity contribution in [3.05, 3.63) is 59.7 Å². The third-order valence-corrected chi connectivity index (χ3v) is 3.96. The maximum Gasteiger partial charge on any atom is 0.115 e.